The van der Waals surface area contributed by atoms with Crippen molar-refractivity contribution in [2.45, 2.75) is 26.2 Å². The highest BCUT2D eigenvalue weighted by atomic mass is 16.5. The van der Waals surface area contributed by atoms with Crippen LogP contribution in [-0.4, -0.2) is 42.7 Å². The van der Waals surface area contributed by atoms with Crippen molar-refractivity contribution in [2.75, 3.05) is 26.7 Å². The minimum absolute atomic E-state index is 0.161. The third kappa shape index (κ3) is 3.88. The molecule has 2 rings (SSSR count). The lowest BCUT2D eigenvalue weighted by Gasteiger charge is -2.38. The molecule has 1 fully saturated rings. The van der Waals surface area contributed by atoms with Crippen molar-refractivity contribution in [3.63, 3.8) is 0 Å². The van der Waals surface area contributed by atoms with Crippen molar-refractivity contribution in [1.82, 2.24) is 4.90 Å². The van der Waals surface area contributed by atoms with Gasteiger partial charge >= 0.3 is 0 Å². The van der Waals surface area contributed by atoms with Crippen LogP contribution in [0.5, 0.6) is 5.75 Å². The molecular weight excluding hydrogens is 266 g/mol. The average molecular weight is 291 g/mol. The fourth-order valence-electron chi connectivity index (χ4n) is 2.73. The number of amidine groups is 1. The topological polar surface area (TPSA) is 71.1 Å². The number of oxime groups is 1. The predicted octanol–water partition coefficient (Wildman–Crippen LogP) is 2.09. The van der Waals surface area contributed by atoms with Gasteiger partial charge in [0.2, 0.25) is 0 Å². The molecule has 3 N–H and O–H groups in total. The van der Waals surface area contributed by atoms with Gasteiger partial charge in [-0.15, -0.1) is 0 Å². The zero-order valence-electron chi connectivity index (χ0n) is 12.9. The maximum Gasteiger partial charge on any atom is 0.145 e. The van der Waals surface area contributed by atoms with Crippen LogP contribution in [-0.2, 0) is 6.42 Å². The molecule has 1 saturated heterocycles. The third-order valence-corrected chi connectivity index (χ3v) is 4.56. The SMILES string of the molecule is COc1ccc(CCN2CCC(C)(/C(N)=N/O)CC2)cc1. The Hall–Kier alpha value is -1.75. The minimum atomic E-state index is -0.161. The van der Waals surface area contributed by atoms with Gasteiger partial charge in [-0.1, -0.05) is 24.2 Å². The smallest absolute Gasteiger partial charge is 0.145 e. The van der Waals surface area contributed by atoms with Crippen LogP contribution in [0.2, 0.25) is 0 Å². The Bertz CT molecular complexity index is 477. The first-order valence-electron chi connectivity index (χ1n) is 7.41. The molecule has 0 aliphatic carbocycles. The summed E-state index contributed by atoms with van der Waals surface area (Å²) in [5, 5.41) is 12.0. The second-order valence-corrected chi connectivity index (χ2v) is 5.99. The lowest BCUT2D eigenvalue weighted by Crippen LogP contribution is -2.46. The zero-order valence-corrected chi connectivity index (χ0v) is 12.9. The van der Waals surface area contributed by atoms with Crippen molar-refractivity contribution in [2.24, 2.45) is 16.3 Å². The van der Waals surface area contributed by atoms with Crippen molar-refractivity contribution >= 4 is 5.84 Å². The Morgan fingerprint density at radius 1 is 1.33 bits per heavy atom. The number of methoxy groups -OCH3 is 1. The summed E-state index contributed by atoms with van der Waals surface area (Å²) < 4.78 is 5.17. The summed E-state index contributed by atoms with van der Waals surface area (Å²) in [6.07, 6.45) is 2.90. The normalized spacial score (nSPS) is 19.4. The molecule has 1 aliphatic rings. The Kier molecular flexibility index (Phi) is 5.07. The summed E-state index contributed by atoms with van der Waals surface area (Å²) >= 11 is 0. The summed E-state index contributed by atoms with van der Waals surface area (Å²) in [7, 11) is 1.68. The Labute approximate surface area is 126 Å². The predicted molar refractivity (Wildman–Crippen MR) is 83.9 cm³/mol. The first kappa shape index (κ1) is 15.6. The van der Waals surface area contributed by atoms with Crippen LogP contribution in [0, 0.1) is 5.41 Å². The molecule has 1 heterocycles. The van der Waals surface area contributed by atoms with E-state index in [1.807, 2.05) is 12.1 Å². The molecular formula is C16H25N3O2. The van der Waals surface area contributed by atoms with Gasteiger partial charge in [-0.05, 0) is 50.0 Å². The van der Waals surface area contributed by atoms with Crippen LogP contribution in [0.4, 0.5) is 0 Å². The Balaban J connectivity index is 1.81. The maximum atomic E-state index is 8.85. The largest absolute Gasteiger partial charge is 0.497 e. The van der Waals surface area contributed by atoms with E-state index < -0.39 is 0 Å². The van der Waals surface area contributed by atoms with E-state index in [1.54, 1.807) is 7.11 Å². The lowest BCUT2D eigenvalue weighted by atomic mass is 9.79. The lowest BCUT2D eigenvalue weighted by molar-refractivity contribution is 0.160. The van der Waals surface area contributed by atoms with E-state index in [0.717, 1.165) is 44.6 Å². The first-order valence-corrected chi connectivity index (χ1v) is 7.41. The van der Waals surface area contributed by atoms with E-state index in [2.05, 4.69) is 29.1 Å². The van der Waals surface area contributed by atoms with Crippen LogP contribution in [0.1, 0.15) is 25.3 Å². The number of rotatable bonds is 5. The van der Waals surface area contributed by atoms with Crippen LogP contribution < -0.4 is 10.5 Å². The van der Waals surface area contributed by atoms with E-state index in [0.29, 0.717) is 5.84 Å². The molecule has 0 bridgehead atoms. The van der Waals surface area contributed by atoms with Crippen LogP contribution in [0.15, 0.2) is 29.4 Å². The summed E-state index contributed by atoms with van der Waals surface area (Å²) in [5.41, 5.74) is 6.95. The molecule has 0 amide bonds. The van der Waals surface area contributed by atoms with E-state index in [1.165, 1.54) is 5.56 Å². The number of hydrogen-bond acceptors (Lipinski definition) is 4. The van der Waals surface area contributed by atoms with Gasteiger partial charge in [0, 0.05) is 12.0 Å². The molecule has 0 saturated carbocycles. The molecule has 1 aromatic carbocycles. The second kappa shape index (κ2) is 6.80. The summed E-state index contributed by atoms with van der Waals surface area (Å²) in [4.78, 5) is 2.44. The van der Waals surface area contributed by atoms with Crippen LogP contribution in [0.25, 0.3) is 0 Å². The molecule has 21 heavy (non-hydrogen) atoms. The Morgan fingerprint density at radius 2 is 1.95 bits per heavy atom. The van der Waals surface area contributed by atoms with Gasteiger partial charge in [0.15, 0.2) is 0 Å². The number of hydrogen-bond donors (Lipinski definition) is 2. The average Bonchev–Trinajstić information content (AvgIpc) is 2.54. The fourth-order valence-corrected chi connectivity index (χ4v) is 2.73. The Morgan fingerprint density at radius 3 is 2.48 bits per heavy atom. The molecule has 5 nitrogen and oxygen atoms in total. The molecule has 0 aromatic heterocycles. The highest BCUT2D eigenvalue weighted by molar-refractivity contribution is 5.85. The zero-order chi connectivity index (χ0) is 15.3. The summed E-state index contributed by atoms with van der Waals surface area (Å²) in [6.45, 7) is 5.09. The summed E-state index contributed by atoms with van der Waals surface area (Å²) in [6, 6.07) is 8.23. The third-order valence-electron chi connectivity index (χ3n) is 4.56. The van der Waals surface area contributed by atoms with Crippen LogP contribution >= 0.6 is 0 Å². The van der Waals surface area contributed by atoms with Crippen molar-refractivity contribution in [3.05, 3.63) is 29.8 Å². The van der Waals surface area contributed by atoms with Gasteiger partial charge in [0.25, 0.3) is 0 Å². The van der Waals surface area contributed by atoms with Crippen LogP contribution in [0.3, 0.4) is 0 Å². The molecule has 0 spiro atoms. The molecule has 1 aromatic rings. The van der Waals surface area contributed by atoms with Crippen molar-refractivity contribution in [1.29, 1.82) is 0 Å². The highest BCUT2D eigenvalue weighted by Gasteiger charge is 2.33. The standard InChI is InChI=1S/C16H25N3O2/c1-16(15(17)18-20)8-11-19(12-9-16)10-7-13-3-5-14(21-2)6-4-13/h3-6,20H,7-12H2,1-2H3,(H2,17,18). The van der Waals surface area contributed by atoms with Gasteiger partial charge in [0.1, 0.15) is 11.6 Å². The number of nitrogens with zero attached hydrogens (tertiary/aromatic N) is 2. The molecule has 1 aliphatic heterocycles. The second-order valence-electron chi connectivity index (χ2n) is 5.99. The number of nitrogens with two attached hydrogens (primary N) is 1. The van der Waals surface area contributed by atoms with Crippen molar-refractivity contribution in [3.8, 4) is 5.75 Å². The van der Waals surface area contributed by atoms with Gasteiger partial charge in [-0.2, -0.15) is 0 Å². The van der Waals surface area contributed by atoms with Crippen molar-refractivity contribution < 1.29 is 9.94 Å². The van der Waals surface area contributed by atoms with Gasteiger partial charge in [0.05, 0.1) is 7.11 Å². The summed E-state index contributed by atoms with van der Waals surface area (Å²) in [5.74, 6) is 1.25. The van der Waals surface area contributed by atoms with E-state index in [-0.39, 0.29) is 5.41 Å². The quantitative estimate of drug-likeness (QED) is 0.377. The molecule has 0 radical (unpaired) electrons. The monoisotopic (exact) mass is 291 g/mol. The number of ether oxygens (including phenoxy) is 1. The number of likely N-dealkylation sites (tertiary alicyclic amines) is 1. The van der Waals surface area contributed by atoms with E-state index in [9.17, 15) is 0 Å². The molecule has 5 heteroatoms. The van der Waals surface area contributed by atoms with Gasteiger partial charge in [-0.25, -0.2) is 0 Å². The number of piperidine rings is 1. The molecule has 0 atom stereocenters. The highest BCUT2D eigenvalue weighted by Crippen LogP contribution is 2.31. The fraction of sp³-hybridized carbons (Fsp3) is 0.562. The first-order chi connectivity index (χ1) is 10.1. The minimum Gasteiger partial charge on any atom is -0.497 e. The van der Waals surface area contributed by atoms with E-state index in [4.69, 9.17) is 15.7 Å². The molecule has 116 valence electrons. The van der Waals surface area contributed by atoms with Gasteiger partial charge in [-0.3, -0.25) is 0 Å². The van der Waals surface area contributed by atoms with E-state index >= 15 is 0 Å². The van der Waals surface area contributed by atoms with Gasteiger partial charge < -0.3 is 20.6 Å². The maximum absolute atomic E-state index is 8.85. The number of benzene rings is 1. The molecule has 0 unspecified atom stereocenters.